The quantitative estimate of drug-likeness (QED) is 0.274. The van der Waals surface area contributed by atoms with Gasteiger partial charge in [0.25, 0.3) is 0 Å². The summed E-state index contributed by atoms with van der Waals surface area (Å²) in [4.78, 5) is 2.63. The Hall–Kier alpha value is -1.08. The number of piperidine rings is 1. The Morgan fingerprint density at radius 2 is 1.63 bits per heavy atom. The van der Waals surface area contributed by atoms with Gasteiger partial charge in [-0.05, 0) is 68.6 Å². The Kier molecular flexibility index (Phi) is 17.8. The molecule has 0 saturated carbocycles. The molecule has 0 aromatic rings. The number of likely N-dealkylation sites (tertiary alicyclic amines) is 1. The average molecular weight is 376 g/mol. The van der Waals surface area contributed by atoms with Crippen LogP contribution in [-0.4, -0.2) is 24.5 Å². The number of nitrogens with zero attached hydrogens (tertiary/aromatic N) is 1. The van der Waals surface area contributed by atoms with Crippen molar-refractivity contribution in [3.63, 3.8) is 0 Å². The molecule has 0 aromatic carbocycles. The zero-order valence-electron chi connectivity index (χ0n) is 19.7. The van der Waals surface area contributed by atoms with E-state index in [4.69, 9.17) is 0 Å². The topological polar surface area (TPSA) is 3.24 Å². The summed E-state index contributed by atoms with van der Waals surface area (Å²) in [6.07, 6.45) is 13.3. The van der Waals surface area contributed by atoms with Gasteiger partial charge >= 0.3 is 0 Å². The molecule has 0 aromatic heterocycles. The zero-order valence-corrected chi connectivity index (χ0v) is 19.7. The minimum Gasteiger partial charge on any atom is -0.303 e. The van der Waals surface area contributed by atoms with E-state index in [9.17, 15) is 0 Å². The van der Waals surface area contributed by atoms with Crippen LogP contribution in [0.5, 0.6) is 0 Å². The van der Waals surface area contributed by atoms with Crippen LogP contribution >= 0.6 is 0 Å². The Bertz CT molecular complexity index is 423. The van der Waals surface area contributed by atoms with Gasteiger partial charge in [0.1, 0.15) is 0 Å². The van der Waals surface area contributed by atoms with Crippen LogP contribution in [-0.2, 0) is 0 Å². The zero-order chi connectivity index (χ0) is 21.3. The molecule has 1 atom stereocenters. The maximum atomic E-state index is 4.30. The lowest BCUT2D eigenvalue weighted by atomic mass is 9.77. The molecule has 1 saturated heterocycles. The van der Waals surface area contributed by atoms with Crippen molar-refractivity contribution in [2.24, 2.45) is 11.3 Å². The SMILES string of the molecule is C=C/C=C\C(=C)C(C)(CC)CCN1CCC(C(=C)CCC)CC1.CC.CC. The molecule has 0 spiro atoms. The minimum atomic E-state index is 0.197. The molecule has 0 amide bonds. The molecule has 1 heteroatoms. The van der Waals surface area contributed by atoms with Crippen molar-refractivity contribution in [1.82, 2.24) is 4.90 Å². The highest BCUT2D eigenvalue weighted by atomic mass is 15.1. The van der Waals surface area contributed by atoms with Crippen molar-refractivity contribution in [2.45, 2.75) is 87.0 Å². The predicted octanol–water partition coefficient (Wildman–Crippen LogP) is 8.21. The lowest BCUT2D eigenvalue weighted by molar-refractivity contribution is 0.172. The first-order valence-electron chi connectivity index (χ1n) is 11.3. The van der Waals surface area contributed by atoms with Gasteiger partial charge in [-0.3, -0.25) is 0 Å². The van der Waals surface area contributed by atoms with Crippen LogP contribution in [0.2, 0.25) is 0 Å². The van der Waals surface area contributed by atoms with Gasteiger partial charge in [0, 0.05) is 0 Å². The van der Waals surface area contributed by atoms with Gasteiger partial charge in [-0.25, -0.2) is 0 Å². The van der Waals surface area contributed by atoms with E-state index in [-0.39, 0.29) is 5.41 Å². The van der Waals surface area contributed by atoms with Crippen LogP contribution in [0.3, 0.4) is 0 Å². The van der Waals surface area contributed by atoms with Crippen LogP contribution in [0.4, 0.5) is 0 Å². The van der Waals surface area contributed by atoms with Gasteiger partial charge in [-0.1, -0.05) is 98.4 Å². The second kappa shape index (κ2) is 17.0. The molecule has 0 radical (unpaired) electrons. The fourth-order valence-corrected chi connectivity index (χ4v) is 3.44. The second-order valence-electron chi connectivity index (χ2n) is 7.31. The summed E-state index contributed by atoms with van der Waals surface area (Å²) in [5.74, 6) is 0.759. The van der Waals surface area contributed by atoms with E-state index in [0.29, 0.717) is 0 Å². The third kappa shape index (κ3) is 10.7. The number of allylic oxidation sites excluding steroid dienone is 5. The third-order valence-electron chi connectivity index (χ3n) is 5.70. The summed E-state index contributed by atoms with van der Waals surface area (Å²) in [5.41, 5.74) is 2.90. The molecular formula is C26H49N. The molecule has 1 heterocycles. The normalized spacial score (nSPS) is 17.1. The van der Waals surface area contributed by atoms with E-state index in [1.807, 2.05) is 39.8 Å². The fourth-order valence-electron chi connectivity index (χ4n) is 3.44. The highest BCUT2D eigenvalue weighted by Gasteiger charge is 2.27. The Morgan fingerprint density at radius 3 is 2.07 bits per heavy atom. The molecule has 1 nitrogen and oxygen atoms in total. The lowest BCUT2D eigenvalue weighted by Crippen LogP contribution is -2.37. The van der Waals surface area contributed by atoms with Crippen LogP contribution in [0, 0.1) is 11.3 Å². The summed E-state index contributed by atoms with van der Waals surface area (Å²) in [6.45, 7) is 30.8. The van der Waals surface area contributed by atoms with Gasteiger partial charge in [0.2, 0.25) is 0 Å². The van der Waals surface area contributed by atoms with Crippen LogP contribution in [0.25, 0.3) is 0 Å². The van der Waals surface area contributed by atoms with Gasteiger partial charge in [0.15, 0.2) is 0 Å². The third-order valence-corrected chi connectivity index (χ3v) is 5.70. The molecule has 0 aliphatic carbocycles. The monoisotopic (exact) mass is 375 g/mol. The highest BCUT2D eigenvalue weighted by molar-refractivity contribution is 5.25. The van der Waals surface area contributed by atoms with E-state index in [0.717, 1.165) is 12.3 Å². The number of rotatable bonds is 10. The van der Waals surface area contributed by atoms with E-state index in [1.54, 1.807) is 0 Å². The molecule has 1 aliphatic rings. The smallest absolute Gasteiger partial charge is 0.00103 e. The summed E-state index contributed by atoms with van der Waals surface area (Å²) in [6, 6.07) is 0. The Morgan fingerprint density at radius 1 is 1.07 bits per heavy atom. The largest absolute Gasteiger partial charge is 0.303 e. The van der Waals surface area contributed by atoms with E-state index in [1.165, 1.54) is 62.9 Å². The minimum absolute atomic E-state index is 0.197. The van der Waals surface area contributed by atoms with E-state index in [2.05, 4.69) is 51.5 Å². The second-order valence-corrected chi connectivity index (χ2v) is 7.31. The first kappa shape index (κ1) is 28.1. The fraction of sp³-hybridized carbons (Fsp3) is 0.692. The molecule has 158 valence electrons. The van der Waals surface area contributed by atoms with Crippen molar-refractivity contribution >= 4 is 0 Å². The number of hydrogen-bond acceptors (Lipinski definition) is 1. The van der Waals surface area contributed by atoms with Crippen molar-refractivity contribution in [3.8, 4) is 0 Å². The number of hydrogen-bond donors (Lipinski definition) is 0. The summed E-state index contributed by atoms with van der Waals surface area (Å²) < 4.78 is 0. The summed E-state index contributed by atoms with van der Waals surface area (Å²) >= 11 is 0. The van der Waals surface area contributed by atoms with E-state index < -0.39 is 0 Å². The lowest BCUT2D eigenvalue weighted by Gasteiger charge is -2.36. The van der Waals surface area contributed by atoms with Crippen molar-refractivity contribution in [3.05, 3.63) is 49.1 Å². The van der Waals surface area contributed by atoms with Crippen LogP contribution in [0.1, 0.15) is 87.0 Å². The van der Waals surface area contributed by atoms with Crippen LogP contribution in [0.15, 0.2) is 49.1 Å². The molecule has 1 aliphatic heterocycles. The molecule has 0 N–H and O–H groups in total. The van der Waals surface area contributed by atoms with Gasteiger partial charge in [-0.2, -0.15) is 0 Å². The molecule has 27 heavy (non-hydrogen) atoms. The molecular weight excluding hydrogens is 326 g/mol. The van der Waals surface area contributed by atoms with Gasteiger partial charge in [0.05, 0.1) is 0 Å². The molecule has 1 unspecified atom stereocenters. The molecule has 1 fully saturated rings. The Labute approximate surface area is 172 Å². The van der Waals surface area contributed by atoms with Crippen molar-refractivity contribution in [2.75, 3.05) is 19.6 Å². The van der Waals surface area contributed by atoms with Gasteiger partial charge < -0.3 is 4.90 Å². The maximum absolute atomic E-state index is 4.30. The van der Waals surface area contributed by atoms with Crippen molar-refractivity contribution in [1.29, 1.82) is 0 Å². The highest BCUT2D eigenvalue weighted by Crippen LogP contribution is 2.35. The van der Waals surface area contributed by atoms with E-state index >= 15 is 0 Å². The first-order valence-corrected chi connectivity index (χ1v) is 11.3. The average Bonchev–Trinajstić information content (AvgIpc) is 2.73. The standard InChI is InChI=1S/C22H37N.2C2H6/c1-7-10-12-20(5)22(6,9-3)15-18-23-16-13-21(14-17-23)19(4)11-8-2;2*1-2/h7,10,12,21H,1,4-5,8-9,11,13-18H2,2-3,6H3;2*1-2H3/b12-10-;;. The first-order chi connectivity index (χ1) is 13.0. The predicted molar refractivity (Wildman–Crippen MR) is 127 cm³/mol. The molecule has 0 bridgehead atoms. The van der Waals surface area contributed by atoms with Crippen LogP contribution < -0.4 is 0 Å². The summed E-state index contributed by atoms with van der Waals surface area (Å²) in [5, 5.41) is 0. The summed E-state index contributed by atoms with van der Waals surface area (Å²) in [7, 11) is 0. The maximum Gasteiger partial charge on any atom is -0.00103 e. The molecule has 1 rings (SSSR count). The van der Waals surface area contributed by atoms with Gasteiger partial charge in [-0.15, -0.1) is 0 Å². The van der Waals surface area contributed by atoms with Crippen molar-refractivity contribution < 1.29 is 0 Å². The Balaban J connectivity index is 0.